The molecule has 2 aromatic heterocycles. The molecule has 8 nitrogen and oxygen atoms in total. The van der Waals surface area contributed by atoms with E-state index in [2.05, 4.69) is 10.0 Å². The number of fused-ring (bicyclic) bond motifs is 1. The van der Waals surface area contributed by atoms with Gasteiger partial charge in [0.15, 0.2) is 11.6 Å². The van der Waals surface area contributed by atoms with Crippen LogP contribution in [0, 0.1) is 11.6 Å². The second-order valence-corrected chi connectivity index (χ2v) is 12.8. The monoisotopic (exact) mass is 573 g/mol. The SMILES string of the molecule is CCS(=O)(=O)Nc1ccc(Oc2ccc(F)cc2F)c(-c2cn(C)c(=O)c3sc(C(=O)NC4(C)CC4)cc23)c1. The predicted octanol–water partition coefficient (Wildman–Crippen LogP) is 5.38. The van der Waals surface area contributed by atoms with Crippen molar-refractivity contribution in [3.05, 3.63) is 75.5 Å². The largest absolute Gasteiger partial charge is 0.454 e. The summed E-state index contributed by atoms with van der Waals surface area (Å²) in [5.41, 5.74) is 0.428. The highest BCUT2D eigenvalue weighted by atomic mass is 32.2. The molecular weight excluding hydrogens is 548 g/mol. The Morgan fingerprint density at radius 3 is 2.49 bits per heavy atom. The van der Waals surface area contributed by atoms with E-state index in [1.807, 2.05) is 6.92 Å². The topological polar surface area (TPSA) is 106 Å². The van der Waals surface area contributed by atoms with E-state index in [9.17, 15) is 26.8 Å². The van der Waals surface area contributed by atoms with Crippen LogP contribution in [-0.4, -0.2) is 30.2 Å². The van der Waals surface area contributed by atoms with Crippen molar-refractivity contribution in [2.45, 2.75) is 32.2 Å². The Morgan fingerprint density at radius 2 is 1.82 bits per heavy atom. The highest BCUT2D eigenvalue weighted by Gasteiger charge is 2.39. The van der Waals surface area contributed by atoms with Gasteiger partial charge in [0.05, 0.1) is 10.6 Å². The van der Waals surface area contributed by atoms with E-state index >= 15 is 0 Å². The van der Waals surface area contributed by atoms with Gasteiger partial charge in [-0.05, 0) is 63.1 Å². The number of anilines is 1. The molecule has 2 aromatic carbocycles. The number of halogens is 2. The molecule has 2 N–H and O–H groups in total. The quantitative estimate of drug-likeness (QED) is 0.294. The number of thiophene rings is 1. The highest BCUT2D eigenvalue weighted by Crippen LogP contribution is 2.41. The lowest BCUT2D eigenvalue weighted by molar-refractivity contribution is 0.0939. The molecule has 1 aliphatic rings. The van der Waals surface area contributed by atoms with Crippen molar-refractivity contribution in [1.82, 2.24) is 9.88 Å². The molecule has 0 aliphatic heterocycles. The van der Waals surface area contributed by atoms with Crippen LogP contribution in [-0.2, 0) is 17.1 Å². The van der Waals surface area contributed by atoms with Crippen molar-refractivity contribution in [1.29, 1.82) is 0 Å². The summed E-state index contributed by atoms with van der Waals surface area (Å²) in [4.78, 5) is 26.3. The van der Waals surface area contributed by atoms with Crippen molar-refractivity contribution >= 4 is 43.0 Å². The van der Waals surface area contributed by atoms with E-state index < -0.39 is 21.7 Å². The first-order chi connectivity index (χ1) is 18.4. The summed E-state index contributed by atoms with van der Waals surface area (Å²) < 4.78 is 62.5. The van der Waals surface area contributed by atoms with E-state index in [-0.39, 0.29) is 39.9 Å². The Bertz CT molecular complexity index is 1790. The summed E-state index contributed by atoms with van der Waals surface area (Å²) in [6.07, 6.45) is 3.29. The average Bonchev–Trinajstić information content (AvgIpc) is 3.42. The molecular formula is C27H25F2N3O5S2. The van der Waals surface area contributed by atoms with Crippen molar-refractivity contribution in [2.75, 3.05) is 10.5 Å². The number of nitrogens with one attached hydrogen (secondary N) is 2. The zero-order valence-electron chi connectivity index (χ0n) is 21.3. The van der Waals surface area contributed by atoms with E-state index in [1.165, 1.54) is 29.7 Å². The second-order valence-electron chi connectivity index (χ2n) is 9.72. The van der Waals surface area contributed by atoms with Crippen LogP contribution in [0.25, 0.3) is 21.2 Å². The third-order valence-corrected chi connectivity index (χ3v) is 8.96. The number of sulfonamides is 1. The van der Waals surface area contributed by atoms with Crippen LogP contribution >= 0.6 is 11.3 Å². The lowest BCUT2D eigenvalue weighted by atomic mass is 10.0. The number of nitrogens with zero attached hydrogens (tertiary/aromatic N) is 1. The zero-order chi connectivity index (χ0) is 28.1. The van der Waals surface area contributed by atoms with Gasteiger partial charge >= 0.3 is 0 Å². The number of carbonyl (C=O) groups excluding carboxylic acids is 1. The Labute approximate surface area is 227 Å². The maximum atomic E-state index is 14.5. The number of hydrogen-bond acceptors (Lipinski definition) is 6. The van der Waals surface area contributed by atoms with Gasteiger partial charge in [-0.15, -0.1) is 11.3 Å². The number of ether oxygens (including phenoxy) is 1. The van der Waals surface area contributed by atoms with Gasteiger partial charge in [0.1, 0.15) is 16.3 Å². The van der Waals surface area contributed by atoms with Crippen molar-refractivity contribution in [3.63, 3.8) is 0 Å². The van der Waals surface area contributed by atoms with Crippen LogP contribution in [0.5, 0.6) is 11.5 Å². The lowest BCUT2D eigenvalue weighted by Crippen LogP contribution is -2.33. The molecule has 0 atom stereocenters. The third-order valence-electron chi connectivity index (χ3n) is 6.54. The van der Waals surface area contributed by atoms with E-state index in [0.717, 1.165) is 36.3 Å². The first-order valence-corrected chi connectivity index (χ1v) is 14.6. The van der Waals surface area contributed by atoms with Gasteiger partial charge in [-0.3, -0.25) is 14.3 Å². The molecule has 0 bridgehead atoms. The molecule has 5 rings (SSSR count). The molecule has 0 spiro atoms. The zero-order valence-corrected chi connectivity index (χ0v) is 22.9. The van der Waals surface area contributed by atoms with Crippen molar-refractivity contribution < 1.29 is 26.7 Å². The van der Waals surface area contributed by atoms with E-state index in [0.29, 0.717) is 32.2 Å². The number of benzene rings is 2. The number of rotatable bonds is 8. The smallest absolute Gasteiger partial charge is 0.268 e. The molecule has 12 heteroatoms. The summed E-state index contributed by atoms with van der Waals surface area (Å²) in [6, 6.07) is 8.91. The molecule has 39 heavy (non-hydrogen) atoms. The first kappa shape index (κ1) is 26.8. The Morgan fingerprint density at radius 1 is 1.10 bits per heavy atom. The summed E-state index contributed by atoms with van der Waals surface area (Å²) >= 11 is 1.06. The molecule has 0 radical (unpaired) electrons. The third kappa shape index (κ3) is 5.52. The molecule has 0 saturated heterocycles. The summed E-state index contributed by atoms with van der Waals surface area (Å²) in [5, 5.41) is 3.44. The van der Waals surface area contributed by atoms with Gasteiger partial charge < -0.3 is 14.6 Å². The minimum atomic E-state index is -3.63. The molecule has 204 valence electrons. The fraction of sp³-hybridized carbons (Fsp3) is 0.259. The van der Waals surface area contributed by atoms with E-state index in [1.54, 1.807) is 19.3 Å². The number of carbonyl (C=O) groups is 1. The van der Waals surface area contributed by atoms with Gasteiger partial charge in [0.25, 0.3) is 11.5 Å². The summed E-state index contributed by atoms with van der Waals surface area (Å²) in [5.74, 6) is -2.27. The summed E-state index contributed by atoms with van der Waals surface area (Å²) in [7, 11) is -2.07. The highest BCUT2D eigenvalue weighted by molar-refractivity contribution is 7.92. The summed E-state index contributed by atoms with van der Waals surface area (Å²) in [6.45, 7) is 3.44. The normalized spacial score (nSPS) is 14.3. The van der Waals surface area contributed by atoms with Crippen LogP contribution in [0.1, 0.15) is 36.4 Å². The number of hydrogen-bond donors (Lipinski definition) is 2. The minimum Gasteiger partial charge on any atom is -0.454 e. The number of amides is 1. The van der Waals surface area contributed by atoms with Crippen LogP contribution in [0.15, 0.2) is 53.5 Å². The molecule has 2 heterocycles. The minimum absolute atomic E-state index is 0.127. The fourth-order valence-electron chi connectivity index (χ4n) is 4.03. The second kappa shape index (κ2) is 9.76. The van der Waals surface area contributed by atoms with Gasteiger partial charge in [-0.25, -0.2) is 17.2 Å². The van der Waals surface area contributed by atoms with Crippen LogP contribution < -0.4 is 20.3 Å². The fourth-order valence-corrected chi connectivity index (χ4v) is 5.71. The van der Waals surface area contributed by atoms with Crippen molar-refractivity contribution in [2.24, 2.45) is 7.05 Å². The predicted molar refractivity (Wildman–Crippen MR) is 147 cm³/mol. The molecule has 0 unspecified atom stereocenters. The molecule has 1 saturated carbocycles. The van der Waals surface area contributed by atoms with Gasteiger partial charge in [-0.2, -0.15) is 0 Å². The average molecular weight is 574 g/mol. The maximum Gasteiger partial charge on any atom is 0.268 e. The maximum absolute atomic E-state index is 14.5. The number of aryl methyl sites for hydroxylation is 1. The van der Waals surface area contributed by atoms with Crippen LogP contribution in [0.4, 0.5) is 14.5 Å². The standard InChI is InChI=1S/C27H25F2N3O5S2/c1-4-39(35,36)31-16-6-8-21(37-22-7-5-15(28)11-20(22)29)17(12-16)19-14-32(3)26(34)24-18(19)13-23(38-24)25(33)30-27(2)9-10-27/h5-8,11-14,31H,4,9-10H2,1-3H3,(H,30,33). The van der Waals surface area contributed by atoms with Gasteiger partial charge in [-0.1, -0.05) is 0 Å². The lowest BCUT2D eigenvalue weighted by Gasteiger charge is -2.16. The molecule has 1 fully saturated rings. The van der Waals surface area contributed by atoms with E-state index in [4.69, 9.17) is 4.74 Å². The Balaban J connectivity index is 1.69. The van der Waals surface area contributed by atoms with Gasteiger partial charge in [0, 0.05) is 47.1 Å². The van der Waals surface area contributed by atoms with Gasteiger partial charge in [0.2, 0.25) is 10.0 Å². The molecule has 1 amide bonds. The number of pyridine rings is 1. The van der Waals surface area contributed by atoms with Crippen molar-refractivity contribution in [3.8, 4) is 22.6 Å². The Hall–Kier alpha value is -3.77. The Kier molecular flexibility index (Phi) is 6.71. The van der Waals surface area contributed by atoms with Crippen LogP contribution in [0.2, 0.25) is 0 Å². The van der Waals surface area contributed by atoms with Crippen LogP contribution in [0.3, 0.4) is 0 Å². The first-order valence-electron chi connectivity index (χ1n) is 12.1. The number of aromatic nitrogens is 1. The molecule has 4 aromatic rings. The molecule has 1 aliphatic carbocycles.